The van der Waals surface area contributed by atoms with E-state index in [1.54, 1.807) is 11.8 Å². The van der Waals surface area contributed by atoms with Crippen LogP contribution in [0, 0.1) is 6.92 Å². The van der Waals surface area contributed by atoms with E-state index in [-0.39, 0.29) is 11.9 Å². The molecule has 0 spiro atoms. The molecule has 17 heavy (non-hydrogen) atoms. The molecule has 0 unspecified atom stereocenters. The predicted octanol–water partition coefficient (Wildman–Crippen LogP) is 2.58. The smallest absolute Gasteiger partial charge is 0.221 e. The summed E-state index contributed by atoms with van der Waals surface area (Å²) in [5.41, 5.74) is 7.73. The van der Waals surface area contributed by atoms with Crippen LogP contribution in [0.15, 0.2) is 23.1 Å². The van der Waals surface area contributed by atoms with Crippen LogP contribution in [0.2, 0.25) is 0 Å². The van der Waals surface area contributed by atoms with Crippen molar-refractivity contribution in [1.29, 1.82) is 0 Å². The van der Waals surface area contributed by atoms with E-state index in [1.165, 1.54) is 0 Å². The Labute approximate surface area is 107 Å². The van der Waals surface area contributed by atoms with E-state index in [4.69, 9.17) is 5.73 Å². The summed E-state index contributed by atoms with van der Waals surface area (Å²) in [5.74, 6) is 0.886. The first kappa shape index (κ1) is 13.9. The van der Waals surface area contributed by atoms with Gasteiger partial charge in [-0.05, 0) is 38.5 Å². The molecule has 0 fully saturated rings. The van der Waals surface area contributed by atoms with Crippen molar-refractivity contribution >= 4 is 23.4 Å². The number of hydrogen-bond donors (Lipinski definition) is 2. The second-order valence-electron chi connectivity index (χ2n) is 4.29. The van der Waals surface area contributed by atoms with E-state index in [0.29, 0.717) is 6.42 Å². The standard InChI is InChI=1S/C13H20N2OS/c1-9(2)15-13(16)7-8-17-12-6-4-5-11(14)10(12)3/h4-6,9H,7-8,14H2,1-3H3,(H,15,16). The van der Waals surface area contributed by atoms with Crippen molar-refractivity contribution < 1.29 is 4.79 Å². The number of benzene rings is 1. The molecular formula is C13H20N2OS. The fourth-order valence-electron chi connectivity index (χ4n) is 1.44. The van der Waals surface area contributed by atoms with Gasteiger partial charge < -0.3 is 11.1 Å². The summed E-state index contributed by atoms with van der Waals surface area (Å²) in [5, 5.41) is 2.88. The van der Waals surface area contributed by atoms with Gasteiger partial charge in [0.2, 0.25) is 5.91 Å². The first-order valence-electron chi connectivity index (χ1n) is 5.78. The fourth-order valence-corrected chi connectivity index (χ4v) is 2.45. The van der Waals surface area contributed by atoms with E-state index in [2.05, 4.69) is 5.32 Å². The second kappa shape index (κ2) is 6.55. The topological polar surface area (TPSA) is 55.1 Å². The molecule has 1 aromatic carbocycles. The van der Waals surface area contributed by atoms with Gasteiger partial charge in [-0.15, -0.1) is 11.8 Å². The Morgan fingerprint density at radius 1 is 1.47 bits per heavy atom. The Bertz CT molecular complexity index is 391. The average molecular weight is 252 g/mol. The maximum absolute atomic E-state index is 11.4. The quantitative estimate of drug-likeness (QED) is 0.625. The first-order valence-corrected chi connectivity index (χ1v) is 6.76. The molecule has 3 nitrogen and oxygen atoms in total. The van der Waals surface area contributed by atoms with Gasteiger partial charge in [0.05, 0.1) is 0 Å². The molecule has 4 heteroatoms. The summed E-state index contributed by atoms with van der Waals surface area (Å²) in [6.45, 7) is 5.94. The van der Waals surface area contributed by atoms with Crippen molar-refractivity contribution in [1.82, 2.24) is 5.32 Å². The number of carbonyl (C=O) groups excluding carboxylic acids is 1. The van der Waals surface area contributed by atoms with Crippen LogP contribution in [0.5, 0.6) is 0 Å². The number of nitrogens with two attached hydrogens (primary N) is 1. The number of nitrogens with one attached hydrogen (secondary N) is 1. The lowest BCUT2D eigenvalue weighted by Crippen LogP contribution is -2.30. The van der Waals surface area contributed by atoms with Crippen molar-refractivity contribution in [2.75, 3.05) is 11.5 Å². The number of hydrogen-bond acceptors (Lipinski definition) is 3. The van der Waals surface area contributed by atoms with E-state index in [0.717, 1.165) is 21.9 Å². The number of carbonyl (C=O) groups is 1. The molecule has 1 aromatic rings. The van der Waals surface area contributed by atoms with Gasteiger partial charge in [-0.3, -0.25) is 4.79 Å². The zero-order valence-corrected chi connectivity index (χ0v) is 11.4. The van der Waals surface area contributed by atoms with Crippen LogP contribution in [-0.2, 0) is 4.79 Å². The van der Waals surface area contributed by atoms with Crippen molar-refractivity contribution in [3.05, 3.63) is 23.8 Å². The molecular weight excluding hydrogens is 232 g/mol. The molecule has 0 saturated carbocycles. The molecule has 0 aromatic heterocycles. The van der Waals surface area contributed by atoms with Crippen molar-refractivity contribution in [2.24, 2.45) is 0 Å². The molecule has 94 valence electrons. The van der Waals surface area contributed by atoms with Gasteiger partial charge in [-0.1, -0.05) is 6.07 Å². The largest absolute Gasteiger partial charge is 0.398 e. The molecule has 0 aliphatic heterocycles. The van der Waals surface area contributed by atoms with Crippen LogP contribution in [0.3, 0.4) is 0 Å². The van der Waals surface area contributed by atoms with Crippen molar-refractivity contribution in [3.63, 3.8) is 0 Å². The van der Waals surface area contributed by atoms with E-state index in [1.807, 2.05) is 39.0 Å². The summed E-state index contributed by atoms with van der Waals surface area (Å²) in [4.78, 5) is 12.6. The van der Waals surface area contributed by atoms with Gasteiger partial charge >= 0.3 is 0 Å². The normalized spacial score (nSPS) is 10.6. The highest BCUT2D eigenvalue weighted by atomic mass is 32.2. The first-order chi connectivity index (χ1) is 8.00. The number of amides is 1. The van der Waals surface area contributed by atoms with Crippen LogP contribution >= 0.6 is 11.8 Å². The lowest BCUT2D eigenvalue weighted by molar-refractivity contribution is -0.121. The van der Waals surface area contributed by atoms with Gasteiger partial charge in [-0.2, -0.15) is 0 Å². The van der Waals surface area contributed by atoms with Crippen molar-refractivity contribution in [3.8, 4) is 0 Å². The molecule has 0 heterocycles. The maximum atomic E-state index is 11.4. The van der Waals surface area contributed by atoms with Gasteiger partial charge in [-0.25, -0.2) is 0 Å². The molecule has 0 saturated heterocycles. The summed E-state index contributed by atoms with van der Waals surface area (Å²) in [6, 6.07) is 6.09. The zero-order valence-electron chi connectivity index (χ0n) is 10.6. The number of thioether (sulfide) groups is 1. The third-order valence-corrected chi connectivity index (χ3v) is 3.52. The lowest BCUT2D eigenvalue weighted by Gasteiger charge is -2.09. The minimum absolute atomic E-state index is 0.106. The summed E-state index contributed by atoms with van der Waals surface area (Å²) in [6.07, 6.45) is 0.539. The molecule has 0 bridgehead atoms. The molecule has 0 atom stereocenters. The van der Waals surface area contributed by atoms with E-state index < -0.39 is 0 Å². The fraction of sp³-hybridized carbons (Fsp3) is 0.462. The Morgan fingerprint density at radius 3 is 2.82 bits per heavy atom. The number of anilines is 1. The van der Waals surface area contributed by atoms with Crippen LogP contribution in [0.4, 0.5) is 5.69 Å². The minimum Gasteiger partial charge on any atom is -0.398 e. The zero-order chi connectivity index (χ0) is 12.8. The highest BCUT2D eigenvalue weighted by Gasteiger charge is 2.05. The third-order valence-electron chi connectivity index (χ3n) is 2.36. The molecule has 3 N–H and O–H groups in total. The third kappa shape index (κ3) is 4.69. The minimum atomic E-state index is 0.106. The van der Waals surface area contributed by atoms with Crippen LogP contribution in [0.25, 0.3) is 0 Å². The predicted molar refractivity (Wildman–Crippen MR) is 74.2 cm³/mol. The van der Waals surface area contributed by atoms with Crippen LogP contribution in [-0.4, -0.2) is 17.7 Å². The Hall–Kier alpha value is -1.16. The molecule has 0 aliphatic carbocycles. The maximum Gasteiger partial charge on any atom is 0.221 e. The van der Waals surface area contributed by atoms with Crippen molar-refractivity contribution in [2.45, 2.75) is 38.1 Å². The van der Waals surface area contributed by atoms with Crippen LogP contribution in [0.1, 0.15) is 25.8 Å². The number of nitrogen functional groups attached to an aromatic ring is 1. The molecule has 0 aliphatic rings. The van der Waals surface area contributed by atoms with Gasteiger partial charge in [0, 0.05) is 28.8 Å². The molecule has 0 radical (unpaired) electrons. The summed E-state index contributed by atoms with van der Waals surface area (Å²) in [7, 11) is 0. The SMILES string of the molecule is Cc1c(N)cccc1SCCC(=O)NC(C)C. The van der Waals surface area contributed by atoms with E-state index in [9.17, 15) is 4.79 Å². The monoisotopic (exact) mass is 252 g/mol. The summed E-state index contributed by atoms with van der Waals surface area (Å²) < 4.78 is 0. The highest BCUT2D eigenvalue weighted by Crippen LogP contribution is 2.26. The second-order valence-corrected chi connectivity index (χ2v) is 5.43. The van der Waals surface area contributed by atoms with Crippen LogP contribution < -0.4 is 11.1 Å². The summed E-state index contributed by atoms with van der Waals surface area (Å²) >= 11 is 1.68. The number of rotatable bonds is 5. The van der Waals surface area contributed by atoms with E-state index >= 15 is 0 Å². The van der Waals surface area contributed by atoms with Gasteiger partial charge in [0.1, 0.15) is 0 Å². The lowest BCUT2D eigenvalue weighted by atomic mass is 10.2. The van der Waals surface area contributed by atoms with Gasteiger partial charge in [0.15, 0.2) is 0 Å². The Balaban J connectivity index is 2.41. The highest BCUT2D eigenvalue weighted by molar-refractivity contribution is 7.99. The Morgan fingerprint density at radius 2 is 2.18 bits per heavy atom. The Kier molecular flexibility index (Phi) is 5.35. The average Bonchev–Trinajstić information content (AvgIpc) is 2.23. The molecule has 1 amide bonds. The molecule has 1 rings (SSSR count). The van der Waals surface area contributed by atoms with Gasteiger partial charge in [0.25, 0.3) is 0 Å².